The maximum atomic E-state index is 13.2. The van der Waals surface area contributed by atoms with Crippen molar-refractivity contribution in [3.8, 4) is 0 Å². The number of halogens is 2. The minimum atomic E-state index is -2.43. The molecule has 1 saturated carbocycles. The predicted octanol–water partition coefficient (Wildman–Crippen LogP) is 4.53. The van der Waals surface area contributed by atoms with Gasteiger partial charge in [0.15, 0.2) is 0 Å². The van der Waals surface area contributed by atoms with Gasteiger partial charge in [-0.2, -0.15) is 0 Å². The zero-order chi connectivity index (χ0) is 13.2. The van der Waals surface area contributed by atoms with E-state index < -0.39 is 5.92 Å². The first-order chi connectivity index (χ1) is 8.52. The van der Waals surface area contributed by atoms with E-state index in [9.17, 15) is 8.78 Å². The van der Waals surface area contributed by atoms with Gasteiger partial charge < -0.3 is 5.32 Å². The Balaban J connectivity index is 2.07. The summed E-state index contributed by atoms with van der Waals surface area (Å²) in [6.07, 6.45) is 1.34. The van der Waals surface area contributed by atoms with Gasteiger partial charge in [0.25, 0.3) is 0 Å². The van der Waals surface area contributed by atoms with E-state index in [1.165, 1.54) is 10.4 Å². The monoisotopic (exact) mass is 273 g/mol. The van der Waals surface area contributed by atoms with Gasteiger partial charge in [0.2, 0.25) is 5.92 Å². The molecule has 1 aliphatic carbocycles. The number of rotatable bonds is 4. The Morgan fingerprint density at radius 2 is 2.11 bits per heavy atom. The van der Waals surface area contributed by atoms with Crippen LogP contribution in [0.15, 0.2) is 11.4 Å². The predicted molar refractivity (Wildman–Crippen MR) is 72.4 cm³/mol. The zero-order valence-electron chi connectivity index (χ0n) is 11.0. The van der Waals surface area contributed by atoms with Crippen LogP contribution in [0.4, 0.5) is 8.78 Å². The molecule has 0 spiro atoms. The quantitative estimate of drug-likeness (QED) is 0.849. The summed E-state index contributed by atoms with van der Waals surface area (Å²) >= 11 is 1.73. The summed E-state index contributed by atoms with van der Waals surface area (Å²) in [5.41, 5.74) is 1.27. The Bertz CT molecular complexity index is 379. The van der Waals surface area contributed by atoms with Gasteiger partial charge in [0, 0.05) is 23.8 Å². The highest BCUT2D eigenvalue weighted by molar-refractivity contribution is 7.10. The van der Waals surface area contributed by atoms with Crippen LogP contribution in [-0.2, 0) is 0 Å². The number of nitrogens with one attached hydrogen (secondary N) is 1. The first-order valence-electron chi connectivity index (χ1n) is 6.68. The molecule has 0 aromatic carbocycles. The van der Waals surface area contributed by atoms with Crippen molar-refractivity contribution in [1.82, 2.24) is 5.32 Å². The number of aryl methyl sites for hydroxylation is 1. The van der Waals surface area contributed by atoms with Crippen LogP contribution in [0.25, 0.3) is 0 Å². The number of alkyl halides is 2. The molecule has 18 heavy (non-hydrogen) atoms. The van der Waals surface area contributed by atoms with Gasteiger partial charge >= 0.3 is 0 Å². The lowest BCUT2D eigenvalue weighted by atomic mass is 9.80. The third-order valence-electron chi connectivity index (χ3n) is 3.77. The van der Waals surface area contributed by atoms with E-state index in [-0.39, 0.29) is 18.9 Å². The van der Waals surface area contributed by atoms with Gasteiger partial charge in [0.1, 0.15) is 0 Å². The molecule has 102 valence electrons. The molecule has 0 bridgehead atoms. The van der Waals surface area contributed by atoms with Crippen molar-refractivity contribution in [3.63, 3.8) is 0 Å². The van der Waals surface area contributed by atoms with Crippen molar-refractivity contribution in [1.29, 1.82) is 0 Å². The molecular weight excluding hydrogens is 252 g/mol. The Morgan fingerprint density at radius 3 is 2.61 bits per heavy atom. The highest BCUT2D eigenvalue weighted by Crippen LogP contribution is 2.41. The first kappa shape index (κ1) is 13.9. The number of thiophene rings is 1. The second-order valence-electron chi connectivity index (χ2n) is 5.22. The average molecular weight is 273 g/mol. The van der Waals surface area contributed by atoms with E-state index in [0.717, 1.165) is 6.54 Å². The minimum Gasteiger partial charge on any atom is -0.310 e. The lowest BCUT2D eigenvalue weighted by Gasteiger charge is -2.34. The molecule has 1 nitrogen and oxygen atoms in total. The van der Waals surface area contributed by atoms with Gasteiger partial charge in [-0.05, 0) is 49.2 Å². The molecule has 1 fully saturated rings. The Kier molecular flexibility index (Phi) is 4.38. The van der Waals surface area contributed by atoms with Gasteiger partial charge in [-0.15, -0.1) is 11.3 Å². The van der Waals surface area contributed by atoms with Crippen LogP contribution in [-0.4, -0.2) is 12.5 Å². The maximum absolute atomic E-state index is 13.2. The highest BCUT2D eigenvalue weighted by Gasteiger charge is 2.37. The molecule has 2 rings (SSSR count). The van der Waals surface area contributed by atoms with Crippen LogP contribution in [0.1, 0.15) is 49.1 Å². The van der Waals surface area contributed by atoms with Crippen LogP contribution < -0.4 is 5.32 Å². The van der Waals surface area contributed by atoms with Crippen molar-refractivity contribution in [3.05, 3.63) is 21.9 Å². The summed E-state index contributed by atoms with van der Waals surface area (Å²) in [6.45, 7) is 5.04. The summed E-state index contributed by atoms with van der Waals surface area (Å²) in [5, 5.41) is 5.63. The van der Waals surface area contributed by atoms with Crippen molar-refractivity contribution in [2.45, 2.75) is 51.5 Å². The van der Waals surface area contributed by atoms with Crippen molar-refractivity contribution in [2.75, 3.05) is 6.54 Å². The zero-order valence-corrected chi connectivity index (χ0v) is 11.8. The molecule has 1 aliphatic rings. The van der Waals surface area contributed by atoms with E-state index in [1.807, 2.05) is 0 Å². The van der Waals surface area contributed by atoms with Crippen LogP contribution in [0.3, 0.4) is 0 Å². The molecule has 0 radical (unpaired) electrons. The normalized spacial score (nSPS) is 22.0. The third kappa shape index (κ3) is 3.29. The SMILES string of the molecule is CCNC(c1csc(C)c1)C1CCC(F)(F)CC1. The van der Waals surface area contributed by atoms with Crippen molar-refractivity contribution < 1.29 is 8.78 Å². The molecule has 4 heteroatoms. The lowest BCUT2D eigenvalue weighted by molar-refractivity contribution is -0.0496. The van der Waals surface area contributed by atoms with Crippen LogP contribution in [0.2, 0.25) is 0 Å². The first-order valence-corrected chi connectivity index (χ1v) is 7.56. The lowest BCUT2D eigenvalue weighted by Crippen LogP contribution is -2.33. The van der Waals surface area contributed by atoms with Gasteiger partial charge in [-0.3, -0.25) is 0 Å². The molecule has 1 heterocycles. The largest absolute Gasteiger partial charge is 0.310 e. The smallest absolute Gasteiger partial charge is 0.248 e. The van der Waals surface area contributed by atoms with E-state index in [1.54, 1.807) is 11.3 Å². The van der Waals surface area contributed by atoms with Gasteiger partial charge in [0.05, 0.1) is 0 Å². The molecule has 1 aromatic rings. The molecule has 1 atom stereocenters. The second kappa shape index (κ2) is 5.66. The van der Waals surface area contributed by atoms with Crippen molar-refractivity contribution >= 4 is 11.3 Å². The molecular formula is C14H21F2NS. The summed E-state index contributed by atoms with van der Waals surface area (Å²) < 4.78 is 26.4. The van der Waals surface area contributed by atoms with Crippen LogP contribution in [0.5, 0.6) is 0 Å². The van der Waals surface area contributed by atoms with Gasteiger partial charge in [-0.25, -0.2) is 8.78 Å². The van der Waals surface area contributed by atoms with Gasteiger partial charge in [-0.1, -0.05) is 6.92 Å². The maximum Gasteiger partial charge on any atom is 0.248 e. The third-order valence-corrected chi connectivity index (χ3v) is 4.65. The summed E-state index contributed by atoms with van der Waals surface area (Å²) in [7, 11) is 0. The highest BCUT2D eigenvalue weighted by atomic mass is 32.1. The number of hydrogen-bond donors (Lipinski definition) is 1. The standard InChI is InChI=1S/C14H21F2NS/c1-3-17-13(12-8-10(2)18-9-12)11-4-6-14(15,16)7-5-11/h8-9,11,13,17H,3-7H2,1-2H3. The summed E-state index contributed by atoms with van der Waals surface area (Å²) in [6, 6.07) is 2.43. The van der Waals surface area contributed by atoms with E-state index >= 15 is 0 Å². The topological polar surface area (TPSA) is 12.0 Å². The Labute approximate surface area is 112 Å². The minimum absolute atomic E-state index is 0.0443. The Hall–Kier alpha value is -0.480. The van der Waals surface area contributed by atoms with Crippen molar-refractivity contribution in [2.24, 2.45) is 5.92 Å². The summed E-state index contributed by atoms with van der Waals surface area (Å²) in [5.74, 6) is -2.09. The van der Waals surface area contributed by atoms with E-state index in [2.05, 4.69) is 30.6 Å². The van der Waals surface area contributed by atoms with E-state index in [0.29, 0.717) is 18.8 Å². The molecule has 0 amide bonds. The molecule has 1 aromatic heterocycles. The molecule has 0 aliphatic heterocycles. The second-order valence-corrected chi connectivity index (χ2v) is 6.33. The molecule has 1 N–H and O–H groups in total. The Morgan fingerprint density at radius 1 is 1.44 bits per heavy atom. The fourth-order valence-corrected chi connectivity index (χ4v) is 3.54. The van der Waals surface area contributed by atoms with Crippen LogP contribution in [0, 0.1) is 12.8 Å². The number of hydrogen-bond acceptors (Lipinski definition) is 2. The fraction of sp³-hybridized carbons (Fsp3) is 0.714. The van der Waals surface area contributed by atoms with Crippen LogP contribution >= 0.6 is 11.3 Å². The fourth-order valence-electron chi connectivity index (χ4n) is 2.80. The average Bonchev–Trinajstić information content (AvgIpc) is 2.73. The van der Waals surface area contributed by atoms with E-state index in [4.69, 9.17) is 0 Å². The molecule has 0 saturated heterocycles. The molecule has 1 unspecified atom stereocenters. The summed E-state index contributed by atoms with van der Waals surface area (Å²) in [4.78, 5) is 1.29.